The molecule has 0 radical (unpaired) electrons. The molecule has 1 saturated heterocycles. The maximum Gasteiger partial charge on any atom is 0.171 e. The van der Waals surface area contributed by atoms with Gasteiger partial charge in [-0.15, -0.1) is 0 Å². The van der Waals surface area contributed by atoms with Gasteiger partial charge in [0.15, 0.2) is 5.11 Å². The molecule has 1 heterocycles. The van der Waals surface area contributed by atoms with Crippen LogP contribution in [0.5, 0.6) is 0 Å². The largest absolute Gasteiger partial charge is 0.372 e. The summed E-state index contributed by atoms with van der Waals surface area (Å²) >= 11 is 5.49. The molecule has 2 N–H and O–H groups in total. The lowest BCUT2D eigenvalue weighted by atomic mass is 10.0. The normalized spacial score (nSPS) is 15.5. The fourth-order valence-corrected chi connectivity index (χ4v) is 3.82. The second-order valence-corrected chi connectivity index (χ2v) is 8.14. The summed E-state index contributed by atoms with van der Waals surface area (Å²) in [5, 5.41) is 7.32. The highest BCUT2D eigenvalue weighted by Crippen LogP contribution is 2.23. The molecule has 0 spiro atoms. The molecule has 3 rings (SSSR count). The second-order valence-electron chi connectivity index (χ2n) is 7.74. The standard InChI is InChI=1S/C23H31N3S/c1-17(2)19-7-11-21(12-8-19)25-23(27)24-18(3)20-9-13-22(14-10-20)26-15-5-4-6-16-26/h7-14,17-18H,4-6,15-16H2,1-3H3,(H2,24,25,27)/t18-/m1/s1. The lowest BCUT2D eigenvalue weighted by Crippen LogP contribution is -2.31. The molecular weight excluding hydrogens is 350 g/mol. The number of thiocarbonyl (C=S) groups is 1. The zero-order chi connectivity index (χ0) is 19.2. The molecule has 0 bridgehead atoms. The van der Waals surface area contributed by atoms with Gasteiger partial charge in [0.05, 0.1) is 6.04 Å². The van der Waals surface area contributed by atoms with E-state index in [9.17, 15) is 0 Å². The Hall–Kier alpha value is -2.07. The van der Waals surface area contributed by atoms with Crippen molar-refractivity contribution in [3.63, 3.8) is 0 Å². The van der Waals surface area contributed by atoms with Crippen LogP contribution in [0.3, 0.4) is 0 Å². The highest BCUT2D eigenvalue weighted by atomic mass is 32.1. The Morgan fingerprint density at radius 2 is 1.44 bits per heavy atom. The number of anilines is 2. The van der Waals surface area contributed by atoms with Gasteiger partial charge in [0, 0.05) is 24.5 Å². The van der Waals surface area contributed by atoms with Gasteiger partial charge in [-0.3, -0.25) is 0 Å². The number of benzene rings is 2. The van der Waals surface area contributed by atoms with Crippen molar-refractivity contribution in [1.29, 1.82) is 0 Å². The average molecular weight is 382 g/mol. The maximum absolute atomic E-state index is 5.49. The van der Waals surface area contributed by atoms with Gasteiger partial charge in [-0.1, -0.05) is 38.1 Å². The molecule has 1 aliphatic heterocycles. The summed E-state index contributed by atoms with van der Waals surface area (Å²) in [6.07, 6.45) is 3.97. The van der Waals surface area contributed by atoms with Gasteiger partial charge in [0.25, 0.3) is 0 Å². The van der Waals surface area contributed by atoms with E-state index < -0.39 is 0 Å². The van der Waals surface area contributed by atoms with E-state index in [1.54, 1.807) is 0 Å². The fourth-order valence-electron chi connectivity index (χ4n) is 3.52. The molecule has 2 aromatic rings. The van der Waals surface area contributed by atoms with Crippen LogP contribution >= 0.6 is 12.2 Å². The Morgan fingerprint density at radius 3 is 2.04 bits per heavy atom. The topological polar surface area (TPSA) is 27.3 Å². The predicted molar refractivity (Wildman–Crippen MR) is 121 cm³/mol. The van der Waals surface area contributed by atoms with Crippen LogP contribution in [0.15, 0.2) is 48.5 Å². The molecule has 27 heavy (non-hydrogen) atoms. The molecule has 3 nitrogen and oxygen atoms in total. The Balaban J connectivity index is 1.54. The van der Waals surface area contributed by atoms with Gasteiger partial charge in [-0.25, -0.2) is 0 Å². The van der Waals surface area contributed by atoms with Crippen LogP contribution in [0.4, 0.5) is 11.4 Å². The molecule has 0 saturated carbocycles. The Labute approximate surface area is 169 Å². The summed E-state index contributed by atoms with van der Waals surface area (Å²) in [5.41, 5.74) is 4.93. The van der Waals surface area contributed by atoms with Crippen LogP contribution in [-0.4, -0.2) is 18.2 Å². The zero-order valence-electron chi connectivity index (χ0n) is 16.7. The van der Waals surface area contributed by atoms with E-state index in [1.807, 2.05) is 0 Å². The van der Waals surface area contributed by atoms with Crippen LogP contribution < -0.4 is 15.5 Å². The molecule has 0 aliphatic carbocycles. The van der Waals surface area contributed by atoms with Crippen LogP contribution in [0.1, 0.15) is 63.1 Å². The fraction of sp³-hybridized carbons (Fsp3) is 0.435. The first-order valence-electron chi connectivity index (χ1n) is 10.1. The van der Waals surface area contributed by atoms with Crippen LogP contribution in [0.2, 0.25) is 0 Å². The number of rotatable bonds is 5. The molecule has 2 aromatic carbocycles. The van der Waals surface area contributed by atoms with Gasteiger partial charge in [-0.2, -0.15) is 0 Å². The third kappa shape index (κ3) is 5.46. The first kappa shape index (κ1) is 19.7. The number of hydrogen-bond donors (Lipinski definition) is 2. The van der Waals surface area contributed by atoms with Crippen molar-refractivity contribution in [1.82, 2.24) is 5.32 Å². The summed E-state index contributed by atoms with van der Waals surface area (Å²) in [5.74, 6) is 0.539. The monoisotopic (exact) mass is 381 g/mol. The summed E-state index contributed by atoms with van der Waals surface area (Å²) in [4.78, 5) is 2.48. The summed E-state index contributed by atoms with van der Waals surface area (Å²) < 4.78 is 0. The van der Waals surface area contributed by atoms with Crippen molar-refractivity contribution >= 4 is 28.7 Å². The Bertz CT molecular complexity index is 731. The van der Waals surface area contributed by atoms with Gasteiger partial charge in [0.2, 0.25) is 0 Å². The molecule has 0 aromatic heterocycles. The van der Waals surface area contributed by atoms with Crippen molar-refractivity contribution in [3.8, 4) is 0 Å². The van der Waals surface area contributed by atoms with Gasteiger partial charge in [-0.05, 0) is 79.7 Å². The first-order valence-corrected chi connectivity index (χ1v) is 10.5. The molecular formula is C23H31N3S. The average Bonchev–Trinajstić information content (AvgIpc) is 2.69. The first-order chi connectivity index (χ1) is 13.0. The number of nitrogens with one attached hydrogen (secondary N) is 2. The molecule has 4 heteroatoms. The molecule has 144 valence electrons. The van der Waals surface area contributed by atoms with Crippen molar-refractivity contribution in [3.05, 3.63) is 59.7 Å². The molecule has 1 aliphatic rings. The summed E-state index contributed by atoms with van der Waals surface area (Å²) in [7, 11) is 0. The SMILES string of the molecule is CC(C)c1ccc(NC(=S)N[C@H](C)c2ccc(N3CCCCC3)cc2)cc1. The van der Waals surface area contributed by atoms with E-state index >= 15 is 0 Å². The van der Waals surface area contributed by atoms with Crippen LogP contribution in [0.25, 0.3) is 0 Å². The summed E-state index contributed by atoms with van der Waals surface area (Å²) in [6, 6.07) is 17.5. The minimum Gasteiger partial charge on any atom is -0.372 e. The lowest BCUT2D eigenvalue weighted by Gasteiger charge is -2.29. The van der Waals surface area contributed by atoms with Gasteiger partial charge in [0.1, 0.15) is 0 Å². The van der Waals surface area contributed by atoms with Crippen molar-refractivity contribution < 1.29 is 0 Å². The van der Waals surface area contributed by atoms with E-state index in [1.165, 1.54) is 49.2 Å². The van der Waals surface area contributed by atoms with E-state index in [2.05, 4.69) is 84.8 Å². The van der Waals surface area contributed by atoms with Crippen LogP contribution in [0, 0.1) is 0 Å². The van der Waals surface area contributed by atoms with E-state index in [0.29, 0.717) is 11.0 Å². The Kier molecular flexibility index (Phi) is 6.73. The third-order valence-electron chi connectivity index (χ3n) is 5.30. The van der Waals surface area contributed by atoms with Crippen molar-refractivity contribution in [2.45, 2.75) is 52.0 Å². The maximum atomic E-state index is 5.49. The minimum atomic E-state index is 0.162. The molecule has 1 fully saturated rings. The predicted octanol–water partition coefficient (Wildman–Crippen LogP) is 5.85. The minimum absolute atomic E-state index is 0.162. The highest BCUT2D eigenvalue weighted by Gasteiger charge is 2.12. The van der Waals surface area contributed by atoms with Crippen molar-refractivity contribution in [2.75, 3.05) is 23.3 Å². The number of nitrogens with zero attached hydrogens (tertiary/aromatic N) is 1. The molecule has 1 atom stereocenters. The second kappa shape index (κ2) is 9.23. The third-order valence-corrected chi connectivity index (χ3v) is 5.52. The lowest BCUT2D eigenvalue weighted by molar-refractivity contribution is 0.577. The highest BCUT2D eigenvalue weighted by molar-refractivity contribution is 7.80. The number of piperidine rings is 1. The van der Waals surface area contributed by atoms with Crippen molar-refractivity contribution in [2.24, 2.45) is 0 Å². The van der Waals surface area contributed by atoms with E-state index in [4.69, 9.17) is 12.2 Å². The number of hydrogen-bond acceptors (Lipinski definition) is 2. The zero-order valence-corrected chi connectivity index (χ0v) is 17.5. The van der Waals surface area contributed by atoms with Crippen LogP contribution in [-0.2, 0) is 0 Å². The summed E-state index contributed by atoms with van der Waals surface area (Å²) in [6.45, 7) is 8.90. The molecule has 0 amide bonds. The smallest absolute Gasteiger partial charge is 0.171 e. The molecule has 0 unspecified atom stereocenters. The van der Waals surface area contributed by atoms with Gasteiger partial charge >= 0.3 is 0 Å². The van der Waals surface area contributed by atoms with E-state index in [0.717, 1.165) is 5.69 Å². The van der Waals surface area contributed by atoms with E-state index in [-0.39, 0.29) is 6.04 Å². The quantitative estimate of drug-likeness (QED) is 0.636. The van der Waals surface area contributed by atoms with Gasteiger partial charge < -0.3 is 15.5 Å². The Morgan fingerprint density at radius 1 is 0.852 bits per heavy atom.